The highest BCUT2D eigenvalue weighted by Gasteiger charge is 2.15. The fourth-order valence-corrected chi connectivity index (χ4v) is 3.78. The molecule has 2 aromatic heterocycles. The lowest BCUT2D eigenvalue weighted by atomic mass is 10.0. The molecule has 0 fully saturated rings. The standard InChI is InChI=1S/C16H22N4O2S/c1-10-11(2)22-14(19-10)9-18-16(21)17-8-7-15-20-12-5-3-4-6-13(12)23-15/h3-9H2,1-2H3,(H2,17,18,21). The molecule has 2 N–H and O–H groups in total. The van der Waals surface area contributed by atoms with Gasteiger partial charge >= 0.3 is 6.03 Å². The topological polar surface area (TPSA) is 80.0 Å². The quantitative estimate of drug-likeness (QED) is 0.881. The van der Waals surface area contributed by atoms with Gasteiger partial charge in [0.05, 0.1) is 22.9 Å². The number of rotatable bonds is 5. The van der Waals surface area contributed by atoms with E-state index in [9.17, 15) is 4.79 Å². The molecule has 2 aromatic rings. The van der Waals surface area contributed by atoms with Gasteiger partial charge in [-0.05, 0) is 39.5 Å². The number of nitrogens with zero attached hydrogens (tertiary/aromatic N) is 2. The van der Waals surface area contributed by atoms with E-state index in [-0.39, 0.29) is 6.03 Å². The van der Waals surface area contributed by atoms with E-state index >= 15 is 0 Å². The summed E-state index contributed by atoms with van der Waals surface area (Å²) in [6, 6.07) is -0.208. The summed E-state index contributed by atoms with van der Waals surface area (Å²) in [7, 11) is 0. The predicted octanol–water partition coefficient (Wildman–Crippen LogP) is 2.67. The molecule has 2 amide bonds. The van der Waals surface area contributed by atoms with Crippen LogP contribution in [0.3, 0.4) is 0 Å². The second-order valence-electron chi connectivity index (χ2n) is 5.79. The van der Waals surface area contributed by atoms with Gasteiger partial charge in [-0.1, -0.05) is 0 Å². The van der Waals surface area contributed by atoms with Crippen LogP contribution >= 0.6 is 11.3 Å². The average Bonchev–Trinajstić information content (AvgIpc) is 3.08. The Morgan fingerprint density at radius 2 is 2.04 bits per heavy atom. The van der Waals surface area contributed by atoms with Gasteiger partial charge in [0, 0.05) is 17.8 Å². The SMILES string of the molecule is Cc1nc(CNC(=O)NCCc2nc3c(s2)CCCC3)oc1C. The lowest BCUT2D eigenvalue weighted by Crippen LogP contribution is -2.36. The summed E-state index contributed by atoms with van der Waals surface area (Å²) < 4.78 is 5.42. The van der Waals surface area contributed by atoms with Crippen molar-refractivity contribution in [3.63, 3.8) is 0 Å². The lowest BCUT2D eigenvalue weighted by molar-refractivity contribution is 0.239. The third kappa shape index (κ3) is 4.10. The van der Waals surface area contributed by atoms with Crippen LogP contribution in [0.2, 0.25) is 0 Å². The van der Waals surface area contributed by atoms with Crippen molar-refractivity contribution in [1.82, 2.24) is 20.6 Å². The van der Waals surface area contributed by atoms with Crippen molar-refractivity contribution in [2.24, 2.45) is 0 Å². The van der Waals surface area contributed by atoms with Crippen LogP contribution in [0.25, 0.3) is 0 Å². The molecule has 7 heteroatoms. The van der Waals surface area contributed by atoms with E-state index in [1.165, 1.54) is 23.4 Å². The van der Waals surface area contributed by atoms with Crippen LogP contribution in [-0.2, 0) is 25.8 Å². The number of urea groups is 1. The molecule has 0 atom stereocenters. The molecule has 0 aromatic carbocycles. The zero-order valence-electron chi connectivity index (χ0n) is 13.6. The maximum absolute atomic E-state index is 11.8. The fraction of sp³-hybridized carbons (Fsp3) is 0.562. The Morgan fingerprint density at radius 1 is 1.22 bits per heavy atom. The zero-order chi connectivity index (χ0) is 16.2. The molecule has 0 aliphatic heterocycles. The molecule has 1 aliphatic carbocycles. The van der Waals surface area contributed by atoms with Crippen molar-refractivity contribution in [2.75, 3.05) is 6.54 Å². The second kappa shape index (κ2) is 7.12. The molecule has 0 saturated carbocycles. The summed E-state index contributed by atoms with van der Waals surface area (Å²) in [5.74, 6) is 1.32. The minimum atomic E-state index is -0.208. The maximum Gasteiger partial charge on any atom is 0.315 e. The summed E-state index contributed by atoms with van der Waals surface area (Å²) in [6.45, 7) is 4.63. The molecule has 0 saturated heterocycles. The second-order valence-corrected chi connectivity index (χ2v) is 6.96. The summed E-state index contributed by atoms with van der Waals surface area (Å²) >= 11 is 1.79. The summed E-state index contributed by atoms with van der Waals surface area (Å²) in [6.07, 6.45) is 5.57. The first kappa shape index (κ1) is 16.0. The molecule has 1 aliphatic rings. The average molecular weight is 334 g/mol. The molecule has 124 valence electrons. The molecule has 0 radical (unpaired) electrons. The van der Waals surface area contributed by atoms with Crippen molar-refractivity contribution >= 4 is 17.4 Å². The van der Waals surface area contributed by atoms with Gasteiger partial charge in [-0.2, -0.15) is 0 Å². The highest BCUT2D eigenvalue weighted by Crippen LogP contribution is 2.26. The van der Waals surface area contributed by atoms with Gasteiger partial charge < -0.3 is 15.1 Å². The molecule has 2 heterocycles. The third-order valence-corrected chi connectivity index (χ3v) is 5.20. The van der Waals surface area contributed by atoms with Gasteiger partial charge in [-0.25, -0.2) is 14.8 Å². The Hall–Kier alpha value is -1.89. The highest BCUT2D eigenvalue weighted by molar-refractivity contribution is 7.11. The fourth-order valence-electron chi connectivity index (χ4n) is 2.63. The molecule has 3 rings (SSSR count). The first-order chi connectivity index (χ1) is 11.1. The number of aryl methyl sites for hydroxylation is 4. The van der Waals surface area contributed by atoms with Crippen LogP contribution in [-0.4, -0.2) is 22.5 Å². The molecule has 0 bridgehead atoms. The zero-order valence-corrected chi connectivity index (χ0v) is 14.4. The van der Waals surface area contributed by atoms with Crippen LogP contribution in [0.1, 0.15) is 45.8 Å². The third-order valence-electron chi connectivity index (χ3n) is 3.99. The number of hydrogen-bond acceptors (Lipinski definition) is 5. The molecule has 0 spiro atoms. The largest absolute Gasteiger partial charge is 0.444 e. The minimum Gasteiger partial charge on any atom is -0.444 e. The highest BCUT2D eigenvalue weighted by atomic mass is 32.1. The van der Waals surface area contributed by atoms with Crippen molar-refractivity contribution in [3.05, 3.63) is 32.9 Å². The number of aromatic nitrogens is 2. The van der Waals surface area contributed by atoms with Gasteiger partial charge in [0.15, 0.2) is 0 Å². The lowest BCUT2D eigenvalue weighted by Gasteiger charge is -2.06. The van der Waals surface area contributed by atoms with Crippen molar-refractivity contribution in [2.45, 2.75) is 52.5 Å². The Balaban J connectivity index is 1.40. The van der Waals surface area contributed by atoms with Crippen LogP contribution < -0.4 is 10.6 Å². The Labute approximate surface area is 139 Å². The normalized spacial score (nSPS) is 13.7. The van der Waals surface area contributed by atoms with Gasteiger partial charge in [0.25, 0.3) is 0 Å². The van der Waals surface area contributed by atoms with Crippen molar-refractivity contribution in [1.29, 1.82) is 0 Å². The Kier molecular flexibility index (Phi) is 4.95. The number of carbonyl (C=O) groups excluding carboxylic acids is 1. The smallest absolute Gasteiger partial charge is 0.315 e. The van der Waals surface area contributed by atoms with Gasteiger partial charge in [-0.3, -0.25) is 0 Å². The number of thiazole rings is 1. The van der Waals surface area contributed by atoms with E-state index in [4.69, 9.17) is 4.42 Å². The van der Waals surface area contributed by atoms with E-state index in [1.54, 1.807) is 11.3 Å². The van der Waals surface area contributed by atoms with E-state index in [0.717, 1.165) is 35.7 Å². The Morgan fingerprint density at radius 3 is 2.78 bits per heavy atom. The minimum absolute atomic E-state index is 0.208. The number of carbonyl (C=O) groups is 1. The molecule has 23 heavy (non-hydrogen) atoms. The van der Waals surface area contributed by atoms with Crippen molar-refractivity contribution < 1.29 is 9.21 Å². The van der Waals surface area contributed by atoms with Crippen LogP contribution in [0, 0.1) is 13.8 Å². The van der Waals surface area contributed by atoms with Gasteiger partial charge in [-0.15, -0.1) is 11.3 Å². The molecule has 0 unspecified atom stereocenters. The molecular weight excluding hydrogens is 312 g/mol. The van der Waals surface area contributed by atoms with E-state index in [0.29, 0.717) is 19.0 Å². The first-order valence-electron chi connectivity index (χ1n) is 8.04. The summed E-state index contributed by atoms with van der Waals surface area (Å²) in [4.78, 5) is 22.1. The monoisotopic (exact) mass is 334 g/mol. The predicted molar refractivity (Wildman–Crippen MR) is 88.7 cm³/mol. The number of oxazole rings is 1. The van der Waals surface area contributed by atoms with Gasteiger partial charge in [0.2, 0.25) is 5.89 Å². The summed E-state index contributed by atoms with van der Waals surface area (Å²) in [5, 5.41) is 6.72. The van der Waals surface area contributed by atoms with E-state index in [2.05, 4.69) is 20.6 Å². The van der Waals surface area contributed by atoms with Crippen LogP contribution in [0.5, 0.6) is 0 Å². The number of fused-ring (bicyclic) bond motifs is 1. The van der Waals surface area contributed by atoms with Gasteiger partial charge in [0.1, 0.15) is 5.76 Å². The van der Waals surface area contributed by atoms with E-state index < -0.39 is 0 Å². The number of nitrogens with one attached hydrogen (secondary N) is 2. The first-order valence-corrected chi connectivity index (χ1v) is 8.85. The van der Waals surface area contributed by atoms with E-state index in [1.807, 2.05) is 13.8 Å². The Bertz CT molecular complexity index is 649. The number of hydrogen-bond donors (Lipinski definition) is 2. The number of amides is 2. The molecule has 6 nitrogen and oxygen atoms in total. The maximum atomic E-state index is 11.8. The van der Waals surface area contributed by atoms with Crippen molar-refractivity contribution in [3.8, 4) is 0 Å². The van der Waals surface area contributed by atoms with Crippen LogP contribution in [0.4, 0.5) is 4.79 Å². The van der Waals surface area contributed by atoms with Crippen LogP contribution in [0.15, 0.2) is 4.42 Å². The molecular formula is C16H22N4O2S. The summed E-state index contributed by atoms with van der Waals surface area (Å²) in [5.41, 5.74) is 2.13.